The third-order valence-electron chi connectivity index (χ3n) is 2.72. The first-order valence-electron chi connectivity index (χ1n) is 6.36. The van der Waals surface area contributed by atoms with Crippen molar-refractivity contribution in [2.24, 2.45) is 0 Å². The molecule has 2 amide bonds. The van der Waals surface area contributed by atoms with Gasteiger partial charge in [0.05, 0.1) is 24.3 Å². The summed E-state index contributed by atoms with van der Waals surface area (Å²) in [6.45, 7) is 0.287. The van der Waals surface area contributed by atoms with Crippen LogP contribution in [0.25, 0.3) is 0 Å². The Morgan fingerprint density at radius 2 is 1.81 bits per heavy atom. The number of pyridine rings is 1. The maximum absolute atomic E-state index is 11.9. The number of halogens is 1. The molecule has 108 valence electrons. The molecule has 5 nitrogen and oxygen atoms in total. The van der Waals surface area contributed by atoms with Gasteiger partial charge in [-0.1, -0.05) is 18.2 Å². The van der Waals surface area contributed by atoms with Crippen LogP contribution >= 0.6 is 22.6 Å². The van der Waals surface area contributed by atoms with E-state index in [1.54, 1.807) is 18.3 Å². The van der Waals surface area contributed by atoms with Gasteiger partial charge in [0, 0.05) is 9.77 Å². The topological polar surface area (TPSA) is 71.1 Å². The Kier molecular flexibility index (Phi) is 5.68. The monoisotopic (exact) mass is 395 g/mol. The number of nitrogens with one attached hydrogen (secondary N) is 2. The maximum Gasteiger partial charge on any atom is 0.252 e. The van der Waals surface area contributed by atoms with E-state index in [0.717, 1.165) is 9.26 Å². The predicted molar refractivity (Wildman–Crippen MR) is 87.6 cm³/mol. The van der Waals surface area contributed by atoms with Crippen LogP contribution in [-0.2, 0) is 11.3 Å². The Morgan fingerprint density at radius 1 is 1.05 bits per heavy atom. The minimum atomic E-state index is -0.256. The Balaban J connectivity index is 1.79. The molecule has 0 aliphatic rings. The second kappa shape index (κ2) is 7.72. The van der Waals surface area contributed by atoms with Crippen molar-refractivity contribution in [3.05, 3.63) is 63.5 Å². The molecule has 2 rings (SSSR count). The van der Waals surface area contributed by atoms with Crippen LogP contribution < -0.4 is 10.6 Å². The first kappa shape index (κ1) is 15.4. The van der Waals surface area contributed by atoms with E-state index < -0.39 is 0 Å². The van der Waals surface area contributed by atoms with Gasteiger partial charge in [-0.15, -0.1) is 0 Å². The summed E-state index contributed by atoms with van der Waals surface area (Å²) in [5.41, 5.74) is 1.34. The number of hydrogen-bond acceptors (Lipinski definition) is 3. The Morgan fingerprint density at radius 3 is 2.52 bits per heavy atom. The predicted octanol–water partition coefficient (Wildman–Crippen LogP) is 1.73. The standard InChI is InChI=1S/C15H14IN3O2/c16-13-7-2-1-6-12(13)15(21)19-10-14(20)18-9-11-5-3-4-8-17-11/h1-8H,9-10H2,(H,18,20)(H,19,21). The number of rotatable bonds is 5. The van der Waals surface area contributed by atoms with Gasteiger partial charge in [-0.25, -0.2) is 0 Å². The molecule has 0 aliphatic carbocycles. The van der Waals surface area contributed by atoms with E-state index in [9.17, 15) is 9.59 Å². The van der Waals surface area contributed by atoms with E-state index in [0.29, 0.717) is 12.1 Å². The molecule has 21 heavy (non-hydrogen) atoms. The minimum absolute atomic E-state index is 0.0589. The van der Waals surface area contributed by atoms with E-state index in [1.165, 1.54) is 0 Å². The molecule has 0 fully saturated rings. The summed E-state index contributed by atoms with van der Waals surface area (Å²) < 4.78 is 0.849. The van der Waals surface area contributed by atoms with Gasteiger partial charge in [-0.05, 0) is 46.9 Å². The average molecular weight is 395 g/mol. The largest absolute Gasteiger partial charge is 0.349 e. The van der Waals surface area contributed by atoms with Gasteiger partial charge < -0.3 is 10.6 Å². The highest BCUT2D eigenvalue weighted by Gasteiger charge is 2.10. The van der Waals surface area contributed by atoms with E-state index in [1.807, 2.05) is 30.3 Å². The minimum Gasteiger partial charge on any atom is -0.349 e. The molecule has 1 aromatic carbocycles. The zero-order valence-electron chi connectivity index (χ0n) is 11.2. The summed E-state index contributed by atoms with van der Waals surface area (Å²) in [7, 11) is 0. The zero-order valence-corrected chi connectivity index (χ0v) is 13.3. The smallest absolute Gasteiger partial charge is 0.252 e. The SMILES string of the molecule is O=C(CNC(=O)c1ccccc1I)NCc1ccccn1. The van der Waals surface area contributed by atoms with Gasteiger partial charge in [0.15, 0.2) is 0 Å². The molecular weight excluding hydrogens is 381 g/mol. The third-order valence-corrected chi connectivity index (χ3v) is 3.66. The van der Waals surface area contributed by atoms with Crippen molar-refractivity contribution < 1.29 is 9.59 Å². The van der Waals surface area contributed by atoms with Crippen molar-refractivity contribution in [3.8, 4) is 0 Å². The molecule has 2 aromatic rings. The van der Waals surface area contributed by atoms with Gasteiger partial charge >= 0.3 is 0 Å². The van der Waals surface area contributed by atoms with Gasteiger partial charge in [0.25, 0.3) is 5.91 Å². The van der Waals surface area contributed by atoms with Crippen molar-refractivity contribution in [2.75, 3.05) is 6.54 Å². The van der Waals surface area contributed by atoms with Crippen LogP contribution in [0.2, 0.25) is 0 Å². The lowest BCUT2D eigenvalue weighted by molar-refractivity contribution is -0.120. The van der Waals surface area contributed by atoms with Crippen LogP contribution in [0.5, 0.6) is 0 Å². The molecule has 0 atom stereocenters. The number of benzene rings is 1. The highest BCUT2D eigenvalue weighted by molar-refractivity contribution is 14.1. The molecule has 0 unspecified atom stereocenters. The van der Waals surface area contributed by atoms with Crippen molar-refractivity contribution in [1.82, 2.24) is 15.6 Å². The van der Waals surface area contributed by atoms with E-state index in [2.05, 4.69) is 38.2 Å². The summed E-state index contributed by atoms with van der Waals surface area (Å²) in [6, 6.07) is 12.7. The lowest BCUT2D eigenvalue weighted by atomic mass is 10.2. The van der Waals surface area contributed by atoms with Crippen LogP contribution in [0.1, 0.15) is 16.1 Å². The van der Waals surface area contributed by atoms with Gasteiger partial charge in [-0.2, -0.15) is 0 Å². The first-order chi connectivity index (χ1) is 10.2. The molecule has 6 heteroatoms. The summed E-state index contributed by atoms with van der Waals surface area (Å²) in [5, 5.41) is 5.30. The van der Waals surface area contributed by atoms with Gasteiger partial charge in [0.2, 0.25) is 5.91 Å². The van der Waals surface area contributed by atoms with Crippen molar-refractivity contribution in [2.45, 2.75) is 6.54 Å². The summed E-state index contributed by atoms with van der Waals surface area (Å²) in [5.74, 6) is -0.507. The highest BCUT2D eigenvalue weighted by atomic mass is 127. The number of carbonyl (C=O) groups excluding carboxylic acids is 2. The average Bonchev–Trinajstić information content (AvgIpc) is 2.52. The van der Waals surface area contributed by atoms with Gasteiger partial charge in [0.1, 0.15) is 0 Å². The van der Waals surface area contributed by atoms with Crippen molar-refractivity contribution in [3.63, 3.8) is 0 Å². The second-order valence-electron chi connectivity index (χ2n) is 4.26. The Hall–Kier alpha value is -1.96. The molecule has 0 bridgehead atoms. The van der Waals surface area contributed by atoms with Crippen LogP contribution in [0.3, 0.4) is 0 Å². The quantitative estimate of drug-likeness (QED) is 0.758. The van der Waals surface area contributed by atoms with Crippen molar-refractivity contribution in [1.29, 1.82) is 0 Å². The summed E-state index contributed by atoms with van der Waals surface area (Å²) >= 11 is 2.09. The van der Waals surface area contributed by atoms with Crippen LogP contribution in [0.4, 0.5) is 0 Å². The highest BCUT2D eigenvalue weighted by Crippen LogP contribution is 2.10. The molecule has 2 N–H and O–H groups in total. The second-order valence-corrected chi connectivity index (χ2v) is 5.42. The van der Waals surface area contributed by atoms with E-state index in [-0.39, 0.29) is 18.4 Å². The lowest BCUT2D eigenvalue weighted by Crippen LogP contribution is -2.37. The lowest BCUT2D eigenvalue weighted by Gasteiger charge is -2.07. The summed E-state index contributed by atoms with van der Waals surface area (Å²) in [6.07, 6.45) is 1.67. The third kappa shape index (κ3) is 4.82. The molecular formula is C15H14IN3O2. The Labute approximate surface area is 136 Å². The van der Waals surface area contributed by atoms with E-state index >= 15 is 0 Å². The number of aromatic nitrogens is 1. The number of amides is 2. The summed E-state index contributed by atoms with van der Waals surface area (Å²) in [4.78, 5) is 27.7. The van der Waals surface area contributed by atoms with Crippen LogP contribution in [-0.4, -0.2) is 23.3 Å². The van der Waals surface area contributed by atoms with Crippen molar-refractivity contribution >= 4 is 34.4 Å². The van der Waals surface area contributed by atoms with Gasteiger partial charge in [-0.3, -0.25) is 14.6 Å². The fourth-order valence-electron chi connectivity index (χ4n) is 1.66. The Bertz CT molecular complexity index is 632. The zero-order chi connectivity index (χ0) is 15.1. The molecule has 0 spiro atoms. The molecule has 0 aliphatic heterocycles. The number of nitrogens with zero attached hydrogens (tertiary/aromatic N) is 1. The van der Waals surface area contributed by atoms with Crippen LogP contribution in [0, 0.1) is 3.57 Å². The molecule has 0 radical (unpaired) electrons. The fraction of sp³-hybridized carbons (Fsp3) is 0.133. The van der Waals surface area contributed by atoms with E-state index in [4.69, 9.17) is 0 Å². The molecule has 0 saturated heterocycles. The number of carbonyl (C=O) groups is 2. The molecule has 1 heterocycles. The molecule has 1 aromatic heterocycles. The normalized spacial score (nSPS) is 9.95. The number of hydrogen-bond donors (Lipinski definition) is 2. The molecule has 0 saturated carbocycles. The first-order valence-corrected chi connectivity index (χ1v) is 7.44. The maximum atomic E-state index is 11.9. The van der Waals surface area contributed by atoms with Crippen LogP contribution in [0.15, 0.2) is 48.7 Å². The fourth-order valence-corrected chi connectivity index (χ4v) is 2.29.